The number of rotatable bonds is 6. The van der Waals surface area contributed by atoms with Gasteiger partial charge in [0.2, 0.25) is 5.91 Å². The van der Waals surface area contributed by atoms with Gasteiger partial charge in [-0.2, -0.15) is 0 Å². The molecule has 1 fully saturated rings. The molecule has 0 aromatic heterocycles. The quantitative estimate of drug-likeness (QED) is 0.851. The van der Waals surface area contributed by atoms with E-state index in [1.165, 1.54) is 0 Å². The smallest absolute Gasteiger partial charge is 0.239 e. The molecular formula is C18H29N3O2. The zero-order valence-electron chi connectivity index (χ0n) is 14.5. The molecule has 0 aliphatic carbocycles. The number of hydrogen-bond acceptors (Lipinski definition) is 4. The van der Waals surface area contributed by atoms with Crippen LogP contribution in [0.1, 0.15) is 19.4 Å². The van der Waals surface area contributed by atoms with Crippen molar-refractivity contribution in [2.45, 2.75) is 32.5 Å². The van der Waals surface area contributed by atoms with Crippen LogP contribution in [0.15, 0.2) is 30.3 Å². The van der Waals surface area contributed by atoms with Gasteiger partial charge < -0.3 is 10.0 Å². The van der Waals surface area contributed by atoms with Gasteiger partial charge in [-0.3, -0.25) is 14.6 Å². The van der Waals surface area contributed by atoms with E-state index in [1.807, 2.05) is 56.1 Å². The number of nitrogens with zero attached hydrogens (tertiary/aromatic N) is 3. The van der Waals surface area contributed by atoms with Crippen LogP contribution in [0.25, 0.3) is 0 Å². The summed E-state index contributed by atoms with van der Waals surface area (Å²) in [6, 6.07) is 9.97. The lowest BCUT2D eigenvalue weighted by Crippen LogP contribution is -2.54. The summed E-state index contributed by atoms with van der Waals surface area (Å²) in [7, 11) is 1.87. The number of likely N-dealkylation sites (N-methyl/N-ethyl adjacent to an activating group) is 1. The molecular weight excluding hydrogens is 290 g/mol. The molecule has 1 N–H and O–H groups in total. The van der Waals surface area contributed by atoms with Gasteiger partial charge in [0, 0.05) is 46.3 Å². The van der Waals surface area contributed by atoms with Crippen molar-refractivity contribution in [2.24, 2.45) is 0 Å². The largest absolute Gasteiger partial charge is 0.392 e. The average Bonchev–Trinajstić information content (AvgIpc) is 2.54. The van der Waals surface area contributed by atoms with Crippen LogP contribution >= 0.6 is 0 Å². The third kappa shape index (κ3) is 5.30. The number of benzene rings is 1. The summed E-state index contributed by atoms with van der Waals surface area (Å²) >= 11 is 0. The molecule has 0 bridgehead atoms. The first-order valence-electron chi connectivity index (χ1n) is 8.40. The maximum atomic E-state index is 12.6. The van der Waals surface area contributed by atoms with Crippen LogP contribution in [0.2, 0.25) is 0 Å². The van der Waals surface area contributed by atoms with Crippen molar-refractivity contribution in [1.29, 1.82) is 0 Å². The van der Waals surface area contributed by atoms with Crippen molar-refractivity contribution < 1.29 is 9.90 Å². The molecule has 1 heterocycles. The molecule has 1 amide bonds. The Morgan fingerprint density at radius 3 is 2.35 bits per heavy atom. The molecule has 0 unspecified atom stereocenters. The fourth-order valence-electron chi connectivity index (χ4n) is 3.12. The highest BCUT2D eigenvalue weighted by atomic mass is 16.3. The number of aliphatic hydroxyl groups is 1. The van der Waals surface area contributed by atoms with E-state index in [-0.39, 0.29) is 18.1 Å². The van der Waals surface area contributed by atoms with Crippen LogP contribution < -0.4 is 0 Å². The number of carbonyl (C=O) groups excluding carboxylic acids is 1. The molecule has 1 aliphatic rings. The predicted octanol–water partition coefficient (Wildman–Crippen LogP) is 1.03. The third-order valence-corrected chi connectivity index (χ3v) is 4.47. The van der Waals surface area contributed by atoms with Crippen LogP contribution in [-0.2, 0) is 11.3 Å². The molecule has 5 heteroatoms. The van der Waals surface area contributed by atoms with Crippen molar-refractivity contribution >= 4 is 5.91 Å². The van der Waals surface area contributed by atoms with Crippen molar-refractivity contribution in [3.63, 3.8) is 0 Å². The molecule has 1 aromatic carbocycles. The maximum Gasteiger partial charge on any atom is 0.239 e. The van der Waals surface area contributed by atoms with Gasteiger partial charge in [-0.05, 0) is 19.4 Å². The van der Waals surface area contributed by atoms with E-state index >= 15 is 0 Å². The Hall–Kier alpha value is -1.43. The zero-order chi connectivity index (χ0) is 16.8. The Morgan fingerprint density at radius 1 is 1.17 bits per heavy atom. The van der Waals surface area contributed by atoms with Gasteiger partial charge in [-0.1, -0.05) is 30.3 Å². The second kappa shape index (κ2) is 8.43. The molecule has 1 saturated heterocycles. The fraction of sp³-hybridized carbons (Fsp3) is 0.611. The van der Waals surface area contributed by atoms with Crippen LogP contribution in [-0.4, -0.2) is 77.6 Å². The number of amides is 1. The molecule has 0 spiro atoms. The van der Waals surface area contributed by atoms with E-state index in [2.05, 4.69) is 9.80 Å². The molecule has 128 valence electrons. The van der Waals surface area contributed by atoms with Crippen LogP contribution in [0, 0.1) is 0 Å². The Bertz CT molecular complexity index is 484. The number of β-amino-alcohol motifs (C(OH)–C–C–N with tert-alkyl or cyclic N) is 1. The first-order chi connectivity index (χ1) is 11.0. The molecule has 2 atom stereocenters. The first-order valence-corrected chi connectivity index (χ1v) is 8.40. The van der Waals surface area contributed by atoms with E-state index in [4.69, 9.17) is 0 Å². The molecule has 23 heavy (non-hydrogen) atoms. The Kier molecular flexibility index (Phi) is 6.57. The van der Waals surface area contributed by atoms with Crippen LogP contribution in [0.4, 0.5) is 0 Å². The molecule has 0 radical (unpaired) electrons. The monoisotopic (exact) mass is 319 g/mol. The summed E-state index contributed by atoms with van der Waals surface area (Å²) in [5, 5.41) is 9.46. The van der Waals surface area contributed by atoms with E-state index in [9.17, 15) is 9.90 Å². The second-order valence-electron chi connectivity index (χ2n) is 6.54. The molecule has 1 aliphatic heterocycles. The lowest BCUT2D eigenvalue weighted by atomic mass is 10.1. The van der Waals surface area contributed by atoms with Crippen molar-refractivity contribution in [3.8, 4) is 0 Å². The van der Waals surface area contributed by atoms with Gasteiger partial charge in [-0.15, -0.1) is 0 Å². The predicted molar refractivity (Wildman–Crippen MR) is 92.1 cm³/mol. The average molecular weight is 319 g/mol. The molecule has 0 saturated carbocycles. The van der Waals surface area contributed by atoms with Gasteiger partial charge in [0.05, 0.1) is 12.1 Å². The Labute approximate surface area is 139 Å². The van der Waals surface area contributed by atoms with Gasteiger partial charge >= 0.3 is 0 Å². The van der Waals surface area contributed by atoms with Crippen LogP contribution in [0.5, 0.6) is 0 Å². The van der Waals surface area contributed by atoms with Crippen molar-refractivity contribution in [3.05, 3.63) is 35.9 Å². The van der Waals surface area contributed by atoms with Gasteiger partial charge in [0.1, 0.15) is 0 Å². The number of piperazine rings is 1. The Morgan fingerprint density at radius 2 is 1.78 bits per heavy atom. The standard InChI is InChI=1S/C18H29N3O2/c1-15(22)13-20-9-11-21(12-10-20)16(2)18(23)19(3)14-17-7-5-4-6-8-17/h4-8,15-16,22H,9-14H2,1-3H3/t15-,16-/m0/s1. The third-order valence-electron chi connectivity index (χ3n) is 4.47. The number of aliphatic hydroxyl groups excluding tert-OH is 1. The van der Waals surface area contributed by atoms with E-state index in [0.29, 0.717) is 13.1 Å². The molecule has 2 rings (SSSR count). The normalized spacial score (nSPS) is 19.3. The lowest BCUT2D eigenvalue weighted by Gasteiger charge is -2.38. The second-order valence-corrected chi connectivity index (χ2v) is 6.54. The topological polar surface area (TPSA) is 47.0 Å². The maximum absolute atomic E-state index is 12.6. The van der Waals surface area contributed by atoms with Gasteiger partial charge in [-0.25, -0.2) is 0 Å². The Balaban J connectivity index is 1.83. The number of hydrogen-bond donors (Lipinski definition) is 1. The first kappa shape index (κ1) is 17.9. The van der Waals surface area contributed by atoms with Crippen molar-refractivity contribution in [2.75, 3.05) is 39.8 Å². The highest BCUT2D eigenvalue weighted by molar-refractivity contribution is 5.81. The van der Waals surface area contributed by atoms with E-state index in [0.717, 1.165) is 31.7 Å². The number of carbonyl (C=O) groups is 1. The summed E-state index contributed by atoms with van der Waals surface area (Å²) in [5.74, 6) is 0.165. The highest BCUT2D eigenvalue weighted by Gasteiger charge is 2.27. The summed E-state index contributed by atoms with van der Waals surface area (Å²) in [4.78, 5) is 18.9. The van der Waals surface area contributed by atoms with Crippen LogP contribution in [0.3, 0.4) is 0 Å². The summed E-state index contributed by atoms with van der Waals surface area (Å²) < 4.78 is 0. The summed E-state index contributed by atoms with van der Waals surface area (Å²) in [5.41, 5.74) is 1.15. The minimum absolute atomic E-state index is 0.0996. The van der Waals surface area contributed by atoms with Gasteiger partial charge in [0.25, 0.3) is 0 Å². The summed E-state index contributed by atoms with van der Waals surface area (Å²) in [6.07, 6.45) is -0.294. The molecule has 1 aromatic rings. The highest BCUT2D eigenvalue weighted by Crippen LogP contribution is 2.11. The minimum Gasteiger partial charge on any atom is -0.392 e. The molecule has 5 nitrogen and oxygen atoms in total. The lowest BCUT2D eigenvalue weighted by molar-refractivity contribution is -0.136. The minimum atomic E-state index is -0.294. The SMILES string of the molecule is C[C@H](O)CN1CCN([C@@H](C)C(=O)N(C)Cc2ccccc2)CC1. The van der Waals surface area contributed by atoms with E-state index < -0.39 is 0 Å². The summed E-state index contributed by atoms with van der Waals surface area (Å²) in [6.45, 7) is 8.73. The van der Waals surface area contributed by atoms with Crippen molar-refractivity contribution in [1.82, 2.24) is 14.7 Å². The fourth-order valence-corrected chi connectivity index (χ4v) is 3.12. The van der Waals surface area contributed by atoms with E-state index in [1.54, 1.807) is 0 Å². The zero-order valence-corrected chi connectivity index (χ0v) is 14.5. The van der Waals surface area contributed by atoms with Gasteiger partial charge in [0.15, 0.2) is 0 Å².